The molecule has 0 heterocycles. The van der Waals surface area contributed by atoms with Crippen molar-refractivity contribution in [3.05, 3.63) is 0 Å². The summed E-state index contributed by atoms with van der Waals surface area (Å²) in [6.07, 6.45) is 4.17. The third-order valence-corrected chi connectivity index (χ3v) is 6.28. The van der Waals surface area contributed by atoms with E-state index in [1.54, 1.807) is 0 Å². The Kier molecular flexibility index (Phi) is 23.0. The van der Waals surface area contributed by atoms with Gasteiger partial charge in [-0.1, -0.05) is 12.8 Å². The molecule has 0 radical (unpaired) electrons. The first kappa shape index (κ1) is 39.1. The average Bonchev–Trinajstić information content (AvgIpc) is 2.96. The highest BCUT2D eigenvalue weighted by Gasteiger charge is 2.24. The lowest BCUT2D eigenvalue weighted by atomic mass is 10.1. The number of amides is 3. The molecule has 3 amide bonds. The fraction of sp³-hybridized carbons (Fsp3) is 0.815. The SMILES string of the molecule is CC(OC(=O)CCNC(=O)C(CCCCNC(=O)C(N)CCCCN)NC(=O)C(N)CCCCN)C(=O)OCCCO. The zero-order valence-corrected chi connectivity index (χ0v) is 24.9. The Hall–Kier alpha value is -2.85. The van der Waals surface area contributed by atoms with Crippen molar-refractivity contribution in [3.8, 4) is 0 Å². The third-order valence-electron chi connectivity index (χ3n) is 6.28. The number of rotatable bonds is 25. The minimum atomic E-state index is -1.14. The van der Waals surface area contributed by atoms with E-state index in [9.17, 15) is 24.0 Å². The van der Waals surface area contributed by atoms with E-state index < -0.39 is 48.0 Å². The molecule has 0 fully saturated rings. The number of hydrogen-bond donors (Lipinski definition) is 8. The number of nitrogens with two attached hydrogens (primary N) is 4. The second-order valence-electron chi connectivity index (χ2n) is 10.0. The number of unbranched alkanes of at least 4 members (excludes halogenated alkanes) is 3. The molecule has 0 aliphatic heterocycles. The maximum absolute atomic E-state index is 12.9. The van der Waals surface area contributed by atoms with Crippen LogP contribution in [0.1, 0.15) is 77.6 Å². The van der Waals surface area contributed by atoms with E-state index in [4.69, 9.17) is 37.5 Å². The quantitative estimate of drug-likeness (QED) is 0.0417. The molecular formula is C27H53N7O8. The van der Waals surface area contributed by atoms with Crippen LogP contribution in [0.25, 0.3) is 0 Å². The van der Waals surface area contributed by atoms with Crippen LogP contribution in [0.4, 0.5) is 0 Å². The molecule has 12 N–H and O–H groups in total. The van der Waals surface area contributed by atoms with Gasteiger partial charge in [-0.15, -0.1) is 0 Å². The lowest BCUT2D eigenvalue weighted by Crippen LogP contribution is -2.51. The summed E-state index contributed by atoms with van der Waals surface area (Å²) in [6.45, 7) is 2.54. The molecule has 0 aliphatic carbocycles. The van der Waals surface area contributed by atoms with Gasteiger partial charge in [0.25, 0.3) is 0 Å². The van der Waals surface area contributed by atoms with Crippen LogP contribution in [0.15, 0.2) is 0 Å². The van der Waals surface area contributed by atoms with Crippen molar-refractivity contribution in [1.29, 1.82) is 0 Å². The summed E-state index contributed by atoms with van der Waals surface area (Å²) in [4.78, 5) is 61.5. The van der Waals surface area contributed by atoms with Crippen molar-refractivity contribution in [2.75, 3.05) is 39.4 Å². The smallest absolute Gasteiger partial charge is 0.347 e. The van der Waals surface area contributed by atoms with Crippen LogP contribution in [0.5, 0.6) is 0 Å². The first-order valence-corrected chi connectivity index (χ1v) is 14.8. The van der Waals surface area contributed by atoms with E-state index in [-0.39, 0.29) is 44.9 Å². The Balaban J connectivity index is 4.79. The summed E-state index contributed by atoms with van der Waals surface area (Å²) in [7, 11) is 0. The van der Waals surface area contributed by atoms with Gasteiger partial charge < -0.3 is 53.5 Å². The molecule has 0 saturated carbocycles. The van der Waals surface area contributed by atoms with E-state index in [0.29, 0.717) is 51.7 Å². The lowest BCUT2D eigenvalue weighted by Gasteiger charge is -2.21. The van der Waals surface area contributed by atoms with Gasteiger partial charge in [-0.25, -0.2) is 4.79 Å². The standard InChI is InChI=1S/C27H53N7O8/c1-19(27(40)41-18-8-17-35)42-23(36)12-16-33-26(39)22(34-25(38)21(31)10-3-6-14-29)11-4-7-15-32-24(37)20(30)9-2-5-13-28/h19-22,35H,2-18,28-31H2,1H3,(H,32,37)(H,33,39)(H,34,38). The molecule has 0 aromatic rings. The fourth-order valence-corrected chi connectivity index (χ4v) is 3.71. The van der Waals surface area contributed by atoms with Gasteiger partial charge in [0, 0.05) is 26.1 Å². The minimum Gasteiger partial charge on any atom is -0.463 e. The Labute approximate surface area is 248 Å². The van der Waals surface area contributed by atoms with Crippen LogP contribution in [0, 0.1) is 0 Å². The molecule has 15 heteroatoms. The van der Waals surface area contributed by atoms with E-state index in [1.165, 1.54) is 6.92 Å². The first-order chi connectivity index (χ1) is 20.1. The maximum atomic E-state index is 12.9. The van der Waals surface area contributed by atoms with Gasteiger partial charge in [0.2, 0.25) is 17.7 Å². The van der Waals surface area contributed by atoms with Crippen molar-refractivity contribution in [2.24, 2.45) is 22.9 Å². The van der Waals surface area contributed by atoms with Crippen molar-refractivity contribution in [1.82, 2.24) is 16.0 Å². The van der Waals surface area contributed by atoms with Gasteiger partial charge in [0.1, 0.15) is 6.04 Å². The summed E-state index contributed by atoms with van der Waals surface area (Å²) in [5.41, 5.74) is 22.8. The number of nitrogens with one attached hydrogen (secondary N) is 3. The van der Waals surface area contributed by atoms with Gasteiger partial charge in [-0.2, -0.15) is 0 Å². The molecule has 4 unspecified atom stereocenters. The highest BCUT2D eigenvalue weighted by Crippen LogP contribution is 2.05. The van der Waals surface area contributed by atoms with Crippen LogP contribution in [0.3, 0.4) is 0 Å². The molecule has 4 atom stereocenters. The molecule has 0 aliphatic rings. The number of ether oxygens (including phenoxy) is 2. The summed E-state index contributed by atoms with van der Waals surface area (Å²) in [6, 6.07) is -2.33. The van der Waals surface area contributed by atoms with Gasteiger partial charge in [-0.05, 0) is 65.0 Å². The predicted molar refractivity (Wildman–Crippen MR) is 156 cm³/mol. The second-order valence-corrected chi connectivity index (χ2v) is 10.0. The third kappa shape index (κ3) is 19.3. The van der Waals surface area contributed by atoms with Crippen LogP contribution in [-0.2, 0) is 33.4 Å². The zero-order valence-electron chi connectivity index (χ0n) is 24.9. The highest BCUT2D eigenvalue weighted by atomic mass is 16.6. The largest absolute Gasteiger partial charge is 0.463 e. The Morgan fingerprint density at radius 2 is 1.31 bits per heavy atom. The van der Waals surface area contributed by atoms with Gasteiger partial charge >= 0.3 is 11.9 Å². The molecular weight excluding hydrogens is 550 g/mol. The monoisotopic (exact) mass is 603 g/mol. The summed E-state index contributed by atoms with van der Waals surface area (Å²) >= 11 is 0. The van der Waals surface area contributed by atoms with Crippen molar-refractivity contribution >= 4 is 29.7 Å². The fourth-order valence-electron chi connectivity index (χ4n) is 3.71. The number of carbonyl (C=O) groups excluding carboxylic acids is 5. The van der Waals surface area contributed by atoms with Crippen LogP contribution < -0.4 is 38.9 Å². The molecule has 0 aromatic heterocycles. The van der Waals surface area contributed by atoms with E-state index in [2.05, 4.69) is 16.0 Å². The summed E-state index contributed by atoms with van der Waals surface area (Å²) < 4.78 is 9.88. The molecule has 0 saturated heterocycles. The molecule has 0 rings (SSSR count). The zero-order chi connectivity index (χ0) is 31.8. The second kappa shape index (κ2) is 24.7. The van der Waals surface area contributed by atoms with Crippen LogP contribution in [-0.4, -0.2) is 98.4 Å². The molecule has 0 bridgehead atoms. The van der Waals surface area contributed by atoms with E-state index in [0.717, 1.165) is 19.3 Å². The van der Waals surface area contributed by atoms with Crippen LogP contribution >= 0.6 is 0 Å². The predicted octanol–water partition coefficient (Wildman–Crippen LogP) is -1.97. The number of aliphatic hydroxyl groups is 1. The Morgan fingerprint density at radius 1 is 0.738 bits per heavy atom. The topological polar surface area (TPSA) is 264 Å². The molecule has 0 aromatic carbocycles. The summed E-state index contributed by atoms with van der Waals surface area (Å²) in [5.74, 6) is -2.69. The van der Waals surface area contributed by atoms with Gasteiger partial charge in [0.05, 0.1) is 25.1 Å². The Morgan fingerprint density at radius 3 is 1.90 bits per heavy atom. The number of carbonyl (C=O) groups is 5. The highest BCUT2D eigenvalue weighted by molar-refractivity contribution is 5.89. The molecule has 15 nitrogen and oxygen atoms in total. The normalized spacial score (nSPS) is 13.8. The van der Waals surface area contributed by atoms with Gasteiger partial charge in [-0.3, -0.25) is 19.2 Å². The van der Waals surface area contributed by atoms with Crippen molar-refractivity contribution in [3.63, 3.8) is 0 Å². The molecule has 42 heavy (non-hydrogen) atoms. The van der Waals surface area contributed by atoms with Crippen molar-refractivity contribution in [2.45, 2.75) is 102 Å². The van der Waals surface area contributed by atoms with Crippen molar-refractivity contribution < 1.29 is 38.6 Å². The molecule has 0 spiro atoms. The van der Waals surface area contributed by atoms with E-state index >= 15 is 0 Å². The number of esters is 2. The molecule has 244 valence electrons. The Bertz CT molecular complexity index is 802. The average molecular weight is 604 g/mol. The lowest BCUT2D eigenvalue weighted by molar-refractivity contribution is -0.166. The van der Waals surface area contributed by atoms with E-state index in [1.807, 2.05) is 0 Å². The van der Waals surface area contributed by atoms with Gasteiger partial charge in [0.15, 0.2) is 6.10 Å². The number of hydrogen-bond acceptors (Lipinski definition) is 12. The summed E-state index contributed by atoms with van der Waals surface area (Å²) in [5, 5.41) is 16.8. The van der Waals surface area contributed by atoms with Crippen LogP contribution in [0.2, 0.25) is 0 Å². The first-order valence-electron chi connectivity index (χ1n) is 14.8. The maximum Gasteiger partial charge on any atom is 0.347 e. The number of aliphatic hydroxyl groups excluding tert-OH is 1. The minimum absolute atomic E-state index is 0.00616.